The second kappa shape index (κ2) is 2.55. The molecule has 0 aromatic heterocycles. The van der Waals surface area contributed by atoms with Gasteiger partial charge in [-0.25, -0.2) is 0 Å². The number of esters is 1. The number of ether oxygens (including phenoxy) is 1. The number of aliphatic hydroxyl groups excluding tert-OH is 1. The summed E-state index contributed by atoms with van der Waals surface area (Å²) < 4.78 is 4.93. The molecule has 1 N–H and O–H groups in total. The van der Waals surface area contributed by atoms with E-state index in [1.807, 2.05) is 0 Å². The van der Waals surface area contributed by atoms with Crippen molar-refractivity contribution >= 4 is 12.3 Å². The van der Waals surface area contributed by atoms with Crippen LogP contribution >= 0.6 is 0 Å². The summed E-state index contributed by atoms with van der Waals surface area (Å²) >= 11 is 0. The van der Waals surface area contributed by atoms with Crippen LogP contribution in [0.25, 0.3) is 0 Å². The number of hydrogen-bond acceptors (Lipinski definition) is 4. The monoisotopic (exact) mass is 170 g/mol. The van der Waals surface area contributed by atoms with Crippen LogP contribution in [0.1, 0.15) is 12.8 Å². The maximum atomic E-state index is 10.8. The molecular formula is C8H10O4. The average Bonchev–Trinajstić information content (AvgIpc) is 2.43. The molecule has 0 bridgehead atoms. The van der Waals surface area contributed by atoms with E-state index in [9.17, 15) is 14.7 Å². The van der Waals surface area contributed by atoms with Crippen molar-refractivity contribution in [1.82, 2.24) is 0 Å². The van der Waals surface area contributed by atoms with E-state index in [-0.39, 0.29) is 24.4 Å². The number of fused-ring (bicyclic) bond motifs is 1. The topological polar surface area (TPSA) is 63.6 Å². The molecule has 12 heavy (non-hydrogen) atoms. The summed E-state index contributed by atoms with van der Waals surface area (Å²) in [4.78, 5) is 21.3. The number of rotatable bonds is 1. The second-order valence-electron chi connectivity index (χ2n) is 3.41. The fraction of sp³-hybridized carbons (Fsp3) is 0.750. The smallest absolute Gasteiger partial charge is 0.306 e. The third-order valence-electron chi connectivity index (χ3n) is 2.73. The Labute approximate surface area is 69.5 Å². The Morgan fingerprint density at radius 1 is 1.58 bits per heavy atom. The molecule has 1 heterocycles. The largest absolute Gasteiger partial charge is 0.462 e. The third kappa shape index (κ3) is 0.948. The van der Waals surface area contributed by atoms with Crippen molar-refractivity contribution < 1.29 is 19.4 Å². The summed E-state index contributed by atoms with van der Waals surface area (Å²) in [6.45, 7) is 0. The van der Waals surface area contributed by atoms with Gasteiger partial charge in [0.15, 0.2) is 0 Å². The molecule has 4 nitrogen and oxygen atoms in total. The van der Waals surface area contributed by atoms with Gasteiger partial charge in [-0.15, -0.1) is 0 Å². The highest BCUT2D eigenvalue weighted by Crippen LogP contribution is 2.40. The van der Waals surface area contributed by atoms with Crippen molar-refractivity contribution in [2.75, 3.05) is 0 Å². The molecule has 0 amide bonds. The molecule has 1 aliphatic carbocycles. The molecule has 0 radical (unpaired) electrons. The Hall–Kier alpha value is -0.900. The van der Waals surface area contributed by atoms with Gasteiger partial charge < -0.3 is 14.6 Å². The Bertz CT molecular complexity index is 225. The minimum absolute atomic E-state index is 0.0787. The first kappa shape index (κ1) is 7.73. The fourth-order valence-electron chi connectivity index (χ4n) is 2.11. The minimum Gasteiger partial charge on any atom is -0.462 e. The highest BCUT2D eigenvalue weighted by Gasteiger charge is 2.49. The highest BCUT2D eigenvalue weighted by atomic mass is 16.6. The van der Waals surface area contributed by atoms with Gasteiger partial charge in [0.25, 0.3) is 0 Å². The molecule has 1 saturated carbocycles. The summed E-state index contributed by atoms with van der Waals surface area (Å²) in [6, 6.07) is 0. The van der Waals surface area contributed by atoms with Crippen LogP contribution in [0.3, 0.4) is 0 Å². The summed E-state index contributed by atoms with van der Waals surface area (Å²) in [5.74, 6) is -0.727. The van der Waals surface area contributed by atoms with Gasteiger partial charge in [0.05, 0.1) is 12.5 Å². The molecule has 1 unspecified atom stereocenters. The first-order valence-electron chi connectivity index (χ1n) is 4.05. The van der Waals surface area contributed by atoms with Crippen molar-refractivity contribution in [3.63, 3.8) is 0 Å². The SMILES string of the molecule is O=C[C@H]1C(O)C[C@H]2OC(=O)C[C@H]21. The van der Waals surface area contributed by atoms with Gasteiger partial charge in [-0.05, 0) is 0 Å². The van der Waals surface area contributed by atoms with Crippen LogP contribution in [0, 0.1) is 11.8 Å². The van der Waals surface area contributed by atoms with E-state index in [2.05, 4.69) is 0 Å². The van der Waals surface area contributed by atoms with Crippen molar-refractivity contribution in [2.45, 2.75) is 25.0 Å². The van der Waals surface area contributed by atoms with Gasteiger partial charge >= 0.3 is 5.97 Å². The van der Waals surface area contributed by atoms with Gasteiger partial charge in [-0.3, -0.25) is 4.79 Å². The molecule has 2 fully saturated rings. The number of aliphatic hydroxyl groups is 1. The zero-order valence-corrected chi connectivity index (χ0v) is 6.47. The molecule has 0 spiro atoms. The average molecular weight is 170 g/mol. The third-order valence-corrected chi connectivity index (χ3v) is 2.73. The summed E-state index contributed by atoms with van der Waals surface area (Å²) in [6.07, 6.45) is 0.593. The number of hydrogen-bond donors (Lipinski definition) is 1. The lowest BCUT2D eigenvalue weighted by atomic mass is 9.94. The summed E-state index contributed by atoms with van der Waals surface area (Å²) in [7, 11) is 0. The zero-order valence-electron chi connectivity index (χ0n) is 6.47. The normalized spacial score (nSPS) is 45.6. The van der Waals surface area contributed by atoms with Crippen molar-refractivity contribution in [1.29, 1.82) is 0 Å². The number of carbonyl (C=O) groups excluding carboxylic acids is 2. The zero-order chi connectivity index (χ0) is 8.72. The van der Waals surface area contributed by atoms with E-state index in [4.69, 9.17) is 4.74 Å². The van der Waals surface area contributed by atoms with Crippen LogP contribution in [-0.2, 0) is 14.3 Å². The van der Waals surface area contributed by atoms with Gasteiger partial charge in [0.2, 0.25) is 0 Å². The van der Waals surface area contributed by atoms with Crippen LogP contribution in [0.4, 0.5) is 0 Å². The van der Waals surface area contributed by atoms with Crippen LogP contribution in [-0.4, -0.2) is 29.6 Å². The van der Waals surface area contributed by atoms with Gasteiger partial charge in [0, 0.05) is 18.3 Å². The highest BCUT2D eigenvalue weighted by molar-refractivity contribution is 5.74. The predicted octanol–water partition coefficient (Wildman–Crippen LogP) is -0.502. The van der Waals surface area contributed by atoms with Crippen LogP contribution in [0.5, 0.6) is 0 Å². The number of carbonyl (C=O) groups is 2. The van der Waals surface area contributed by atoms with Crippen LogP contribution in [0.15, 0.2) is 0 Å². The Kier molecular flexibility index (Phi) is 1.65. The lowest BCUT2D eigenvalue weighted by molar-refractivity contribution is -0.141. The standard InChI is InChI=1S/C8H10O4/c9-3-5-4-1-8(11)12-7(4)2-6(5)10/h3-7,10H,1-2H2/t4-,5+,6?,7+/m0/s1. The summed E-state index contributed by atoms with van der Waals surface area (Å²) in [5, 5.41) is 9.36. The van der Waals surface area contributed by atoms with E-state index in [0.717, 1.165) is 6.29 Å². The quantitative estimate of drug-likeness (QED) is 0.425. The lowest BCUT2D eigenvalue weighted by Crippen LogP contribution is -2.21. The second-order valence-corrected chi connectivity index (χ2v) is 3.41. The Balaban J connectivity index is 2.16. The molecule has 2 aliphatic rings. The van der Waals surface area contributed by atoms with Crippen LogP contribution < -0.4 is 0 Å². The fourth-order valence-corrected chi connectivity index (χ4v) is 2.11. The van der Waals surface area contributed by atoms with Gasteiger partial charge in [0.1, 0.15) is 12.4 Å². The van der Waals surface area contributed by atoms with Gasteiger partial charge in [-0.2, -0.15) is 0 Å². The lowest BCUT2D eigenvalue weighted by Gasteiger charge is -2.10. The molecular weight excluding hydrogens is 160 g/mol. The molecule has 0 aromatic carbocycles. The van der Waals surface area contributed by atoms with Gasteiger partial charge in [-0.1, -0.05) is 0 Å². The predicted molar refractivity (Wildman–Crippen MR) is 38.2 cm³/mol. The summed E-state index contributed by atoms with van der Waals surface area (Å²) in [5.41, 5.74) is 0. The van der Waals surface area contributed by atoms with E-state index in [0.29, 0.717) is 6.42 Å². The minimum atomic E-state index is -0.620. The molecule has 2 rings (SSSR count). The Morgan fingerprint density at radius 2 is 2.33 bits per heavy atom. The van der Waals surface area contributed by atoms with E-state index < -0.39 is 12.0 Å². The molecule has 4 heteroatoms. The molecule has 66 valence electrons. The molecule has 1 aliphatic heterocycles. The van der Waals surface area contributed by atoms with Crippen LogP contribution in [0.2, 0.25) is 0 Å². The van der Waals surface area contributed by atoms with E-state index in [1.165, 1.54) is 0 Å². The van der Waals surface area contributed by atoms with Crippen molar-refractivity contribution in [2.24, 2.45) is 11.8 Å². The van der Waals surface area contributed by atoms with E-state index in [1.54, 1.807) is 0 Å². The molecule has 1 saturated heterocycles. The van der Waals surface area contributed by atoms with Crippen molar-refractivity contribution in [3.8, 4) is 0 Å². The first-order chi connectivity index (χ1) is 5.72. The van der Waals surface area contributed by atoms with Crippen molar-refractivity contribution in [3.05, 3.63) is 0 Å². The number of aldehydes is 1. The molecule has 4 atom stereocenters. The van der Waals surface area contributed by atoms with E-state index >= 15 is 0 Å². The maximum Gasteiger partial charge on any atom is 0.306 e. The maximum absolute atomic E-state index is 10.8. The first-order valence-corrected chi connectivity index (χ1v) is 4.05. The molecule has 0 aromatic rings. The Morgan fingerprint density at radius 3 is 3.00 bits per heavy atom.